The number of benzene rings is 1. The van der Waals surface area contributed by atoms with E-state index in [1.54, 1.807) is 6.08 Å². The predicted octanol–water partition coefficient (Wildman–Crippen LogP) is 2.92. The summed E-state index contributed by atoms with van der Waals surface area (Å²) in [6, 6.07) is 3.65. The van der Waals surface area contributed by atoms with E-state index in [-0.39, 0.29) is 17.3 Å². The summed E-state index contributed by atoms with van der Waals surface area (Å²) >= 11 is 1.87. The van der Waals surface area contributed by atoms with Crippen LogP contribution in [0.5, 0.6) is 5.75 Å². The minimum Gasteiger partial charge on any atom is -0.508 e. The predicted molar refractivity (Wildman–Crippen MR) is 71.3 cm³/mol. The summed E-state index contributed by atoms with van der Waals surface area (Å²) < 4.78 is 13.4. The molecule has 18 heavy (non-hydrogen) atoms. The van der Waals surface area contributed by atoms with E-state index in [0.717, 1.165) is 36.0 Å². The number of hydrogen-bond donors (Lipinski definition) is 2. The fourth-order valence-corrected chi connectivity index (χ4v) is 2.75. The van der Waals surface area contributed by atoms with E-state index in [1.165, 1.54) is 12.1 Å². The molecule has 1 saturated heterocycles. The average Bonchev–Trinajstić information content (AvgIpc) is 2.34. The summed E-state index contributed by atoms with van der Waals surface area (Å²) in [5, 5.41) is 11.5. The number of halogens is 1. The Balaban J connectivity index is 2.02. The number of carbonyl (C=O) groups is 1. The van der Waals surface area contributed by atoms with Gasteiger partial charge >= 0.3 is 0 Å². The number of phenols is 1. The topological polar surface area (TPSA) is 49.3 Å². The highest BCUT2D eigenvalue weighted by Gasteiger charge is 2.09. The van der Waals surface area contributed by atoms with Gasteiger partial charge in [-0.2, -0.15) is 11.8 Å². The monoisotopic (exact) mass is 267 g/mol. The maximum Gasteiger partial charge on any atom is 0.248 e. The van der Waals surface area contributed by atoms with Gasteiger partial charge in [0.2, 0.25) is 5.91 Å². The molecule has 0 saturated carbocycles. The highest BCUT2D eigenvalue weighted by atomic mass is 32.2. The summed E-state index contributed by atoms with van der Waals surface area (Å²) in [5.74, 6) is 0.954. The second kappa shape index (κ2) is 5.91. The van der Waals surface area contributed by atoms with Crippen molar-refractivity contribution in [2.24, 2.45) is 0 Å². The Morgan fingerprint density at radius 3 is 2.78 bits per heavy atom. The molecule has 0 bridgehead atoms. The van der Waals surface area contributed by atoms with Crippen LogP contribution in [0.4, 0.5) is 10.1 Å². The summed E-state index contributed by atoms with van der Waals surface area (Å²) in [5.41, 5.74) is 1.19. The van der Waals surface area contributed by atoms with Crippen LogP contribution in [0.2, 0.25) is 0 Å². The molecule has 1 heterocycles. The summed E-state index contributed by atoms with van der Waals surface area (Å²) in [4.78, 5) is 11.7. The van der Waals surface area contributed by atoms with Gasteiger partial charge < -0.3 is 10.4 Å². The third kappa shape index (κ3) is 3.50. The molecule has 0 aliphatic carbocycles. The van der Waals surface area contributed by atoms with Gasteiger partial charge in [-0.05, 0) is 36.5 Å². The lowest BCUT2D eigenvalue weighted by molar-refractivity contribution is -0.112. The van der Waals surface area contributed by atoms with Crippen LogP contribution in [0.25, 0.3) is 0 Å². The quantitative estimate of drug-likeness (QED) is 0.640. The number of anilines is 1. The molecule has 1 aromatic rings. The maximum atomic E-state index is 13.4. The SMILES string of the molecule is O=C(C=C1CCSCC1)Nc1ccc(O)cc1F. The van der Waals surface area contributed by atoms with E-state index < -0.39 is 5.82 Å². The Morgan fingerprint density at radius 2 is 2.11 bits per heavy atom. The van der Waals surface area contributed by atoms with Crippen LogP contribution < -0.4 is 5.32 Å². The van der Waals surface area contributed by atoms with Crippen LogP contribution >= 0.6 is 11.8 Å². The van der Waals surface area contributed by atoms with Crippen LogP contribution in [0, 0.1) is 5.82 Å². The fraction of sp³-hybridized carbons (Fsp3) is 0.308. The molecule has 2 N–H and O–H groups in total. The van der Waals surface area contributed by atoms with Crippen LogP contribution in [0.15, 0.2) is 29.8 Å². The van der Waals surface area contributed by atoms with E-state index in [1.807, 2.05) is 11.8 Å². The van der Waals surface area contributed by atoms with Crippen LogP contribution in [0.1, 0.15) is 12.8 Å². The number of carbonyl (C=O) groups excluding carboxylic acids is 1. The van der Waals surface area contributed by atoms with E-state index in [0.29, 0.717) is 0 Å². The third-order valence-corrected chi connectivity index (χ3v) is 3.67. The Kier molecular flexibility index (Phi) is 4.25. The second-order valence-corrected chi connectivity index (χ2v) is 5.29. The first-order valence-corrected chi connectivity index (χ1v) is 6.87. The Bertz CT molecular complexity index is 480. The highest BCUT2D eigenvalue weighted by Crippen LogP contribution is 2.22. The van der Waals surface area contributed by atoms with Crippen molar-refractivity contribution in [1.29, 1.82) is 0 Å². The Morgan fingerprint density at radius 1 is 1.39 bits per heavy atom. The van der Waals surface area contributed by atoms with E-state index in [4.69, 9.17) is 5.11 Å². The zero-order valence-electron chi connectivity index (χ0n) is 9.78. The molecule has 1 fully saturated rings. The molecule has 1 amide bonds. The summed E-state index contributed by atoms with van der Waals surface area (Å²) in [7, 11) is 0. The molecule has 0 atom stereocenters. The average molecular weight is 267 g/mol. The molecule has 1 aromatic carbocycles. The number of hydrogen-bond acceptors (Lipinski definition) is 3. The van der Waals surface area contributed by atoms with Crippen molar-refractivity contribution >= 4 is 23.4 Å². The minimum atomic E-state index is -0.638. The van der Waals surface area contributed by atoms with Crippen molar-refractivity contribution in [2.45, 2.75) is 12.8 Å². The number of thioether (sulfide) groups is 1. The van der Waals surface area contributed by atoms with Crippen LogP contribution in [-0.2, 0) is 4.79 Å². The highest BCUT2D eigenvalue weighted by molar-refractivity contribution is 7.99. The van der Waals surface area contributed by atoms with Crippen molar-refractivity contribution in [3.05, 3.63) is 35.7 Å². The molecule has 2 rings (SSSR count). The standard InChI is InChI=1S/C13H14FNO2S/c14-11-8-10(16)1-2-12(11)15-13(17)7-9-3-5-18-6-4-9/h1-2,7-8,16H,3-6H2,(H,15,17). The van der Waals surface area contributed by atoms with Crippen molar-refractivity contribution in [3.8, 4) is 5.75 Å². The second-order valence-electron chi connectivity index (χ2n) is 4.07. The molecule has 1 aliphatic heterocycles. The molecular weight excluding hydrogens is 253 g/mol. The molecule has 1 aliphatic rings. The van der Waals surface area contributed by atoms with Gasteiger partial charge in [0.05, 0.1) is 5.69 Å². The normalized spacial score (nSPS) is 15.3. The lowest BCUT2D eigenvalue weighted by Crippen LogP contribution is -2.11. The molecule has 96 valence electrons. The van der Waals surface area contributed by atoms with Crippen molar-refractivity contribution < 1.29 is 14.3 Å². The van der Waals surface area contributed by atoms with E-state index in [9.17, 15) is 9.18 Å². The summed E-state index contributed by atoms with van der Waals surface area (Å²) in [6.07, 6.45) is 3.37. The van der Waals surface area contributed by atoms with Gasteiger partial charge in [0.1, 0.15) is 11.6 Å². The number of nitrogens with one attached hydrogen (secondary N) is 1. The molecule has 0 unspecified atom stereocenters. The van der Waals surface area contributed by atoms with Gasteiger partial charge in [0.15, 0.2) is 0 Å². The number of aromatic hydroxyl groups is 1. The maximum absolute atomic E-state index is 13.4. The van der Waals surface area contributed by atoms with Gasteiger partial charge in [0.25, 0.3) is 0 Å². The van der Waals surface area contributed by atoms with Gasteiger partial charge in [-0.25, -0.2) is 4.39 Å². The van der Waals surface area contributed by atoms with Crippen molar-refractivity contribution in [3.63, 3.8) is 0 Å². The number of phenolic OH excluding ortho intramolecular Hbond substituents is 1. The molecular formula is C13H14FNO2S. The first-order valence-electron chi connectivity index (χ1n) is 5.72. The Labute approximate surface area is 109 Å². The molecule has 3 nitrogen and oxygen atoms in total. The zero-order valence-corrected chi connectivity index (χ0v) is 10.6. The molecule has 0 spiro atoms. The smallest absolute Gasteiger partial charge is 0.248 e. The zero-order chi connectivity index (χ0) is 13.0. The van der Waals surface area contributed by atoms with Gasteiger partial charge in [-0.1, -0.05) is 5.57 Å². The van der Waals surface area contributed by atoms with E-state index >= 15 is 0 Å². The number of amides is 1. The summed E-state index contributed by atoms with van der Waals surface area (Å²) in [6.45, 7) is 0. The Hall–Kier alpha value is -1.49. The van der Waals surface area contributed by atoms with E-state index in [2.05, 4.69) is 5.32 Å². The largest absolute Gasteiger partial charge is 0.508 e. The minimum absolute atomic E-state index is 0.0832. The van der Waals surface area contributed by atoms with Gasteiger partial charge in [0, 0.05) is 12.1 Å². The molecule has 0 aromatic heterocycles. The lowest BCUT2D eigenvalue weighted by atomic mass is 10.1. The first-order chi connectivity index (χ1) is 8.65. The fourth-order valence-electron chi connectivity index (χ4n) is 1.74. The van der Waals surface area contributed by atoms with Crippen LogP contribution in [-0.4, -0.2) is 22.5 Å². The molecule has 0 radical (unpaired) electrons. The van der Waals surface area contributed by atoms with Crippen LogP contribution in [0.3, 0.4) is 0 Å². The number of rotatable bonds is 2. The van der Waals surface area contributed by atoms with Gasteiger partial charge in [-0.15, -0.1) is 0 Å². The van der Waals surface area contributed by atoms with Gasteiger partial charge in [-0.3, -0.25) is 4.79 Å². The van der Waals surface area contributed by atoms with Crippen molar-refractivity contribution in [2.75, 3.05) is 16.8 Å². The number of allylic oxidation sites excluding steroid dienone is 1. The molecule has 5 heteroatoms. The first kappa shape index (κ1) is 13.0. The lowest BCUT2D eigenvalue weighted by Gasteiger charge is -2.13. The van der Waals surface area contributed by atoms with Crippen molar-refractivity contribution in [1.82, 2.24) is 0 Å². The third-order valence-electron chi connectivity index (χ3n) is 2.68.